The van der Waals surface area contributed by atoms with Crippen LogP contribution in [0, 0.1) is 11.8 Å². The number of benzene rings is 1. The largest absolute Gasteiger partial charge is 0.326 e. The summed E-state index contributed by atoms with van der Waals surface area (Å²) in [5.41, 5.74) is 2.08. The van der Waals surface area contributed by atoms with Crippen molar-refractivity contribution in [3.8, 4) is 0 Å². The number of rotatable bonds is 4. The van der Waals surface area contributed by atoms with Gasteiger partial charge < -0.3 is 5.32 Å². The molecule has 0 spiro atoms. The molecule has 1 aliphatic carbocycles. The molecule has 0 saturated heterocycles. The van der Waals surface area contributed by atoms with Gasteiger partial charge in [0.1, 0.15) is 0 Å². The van der Waals surface area contributed by atoms with Gasteiger partial charge in [0.25, 0.3) is 0 Å². The van der Waals surface area contributed by atoms with Crippen LogP contribution in [0.25, 0.3) is 0 Å². The molecule has 0 aliphatic heterocycles. The first kappa shape index (κ1) is 11.5. The standard InChI is InChI=1S/C13H16ClNO/c1-9-8-12(9)13(16)15-11-4-2-10(3-5-11)6-7-14/h2-5,9,12H,6-8H2,1H3,(H,15,16). The molecule has 16 heavy (non-hydrogen) atoms. The molecule has 86 valence electrons. The number of nitrogens with one attached hydrogen (secondary N) is 1. The van der Waals surface area contributed by atoms with Crippen molar-refractivity contribution in [2.24, 2.45) is 11.8 Å². The van der Waals surface area contributed by atoms with Crippen LogP contribution < -0.4 is 5.32 Å². The fourth-order valence-electron chi connectivity index (χ4n) is 1.79. The minimum Gasteiger partial charge on any atom is -0.326 e. The van der Waals surface area contributed by atoms with Crippen molar-refractivity contribution < 1.29 is 4.79 Å². The number of hydrogen-bond acceptors (Lipinski definition) is 1. The maximum Gasteiger partial charge on any atom is 0.227 e. The van der Waals surface area contributed by atoms with Gasteiger partial charge in [-0.3, -0.25) is 4.79 Å². The molecule has 0 radical (unpaired) electrons. The van der Waals surface area contributed by atoms with Gasteiger partial charge in [0, 0.05) is 17.5 Å². The average Bonchev–Trinajstić information content (AvgIpc) is 2.99. The average molecular weight is 238 g/mol. The molecule has 1 fully saturated rings. The van der Waals surface area contributed by atoms with Gasteiger partial charge in [0.05, 0.1) is 0 Å². The molecule has 3 heteroatoms. The maximum absolute atomic E-state index is 11.7. The molecule has 1 N–H and O–H groups in total. The van der Waals surface area contributed by atoms with E-state index in [0.29, 0.717) is 11.8 Å². The lowest BCUT2D eigenvalue weighted by Crippen LogP contribution is -2.14. The number of aryl methyl sites for hydroxylation is 1. The summed E-state index contributed by atoms with van der Waals surface area (Å²) in [6.07, 6.45) is 1.89. The van der Waals surface area contributed by atoms with Crippen LogP contribution in [0.1, 0.15) is 18.9 Å². The molecule has 2 rings (SSSR count). The third kappa shape index (κ3) is 2.76. The molecular formula is C13H16ClNO. The molecule has 1 aliphatic rings. The Hall–Kier alpha value is -1.02. The van der Waals surface area contributed by atoms with Crippen molar-refractivity contribution >= 4 is 23.2 Å². The SMILES string of the molecule is CC1CC1C(=O)Nc1ccc(CCCl)cc1. The van der Waals surface area contributed by atoms with Crippen LogP contribution in [0.15, 0.2) is 24.3 Å². The van der Waals surface area contributed by atoms with Gasteiger partial charge >= 0.3 is 0 Å². The summed E-state index contributed by atoms with van der Waals surface area (Å²) in [5, 5.41) is 2.93. The molecule has 1 amide bonds. The summed E-state index contributed by atoms with van der Waals surface area (Å²) in [6, 6.07) is 7.89. The predicted octanol–water partition coefficient (Wildman–Crippen LogP) is 3.06. The third-order valence-electron chi connectivity index (χ3n) is 3.05. The molecule has 0 bridgehead atoms. The monoisotopic (exact) mass is 237 g/mol. The Bertz CT molecular complexity index is 374. The zero-order valence-electron chi connectivity index (χ0n) is 9.37. The Morgan fingerprint density at radius 2 is 2.06 bits per heavy atom. The van der Waals surface area contributed by atoms with E-state index in [1.165, 1.54) is 5.56 Å². The molecule has 0 aromatic heterocycles. The Kier molecular flexibility index (Phi) is 3.49. The second-order valence-electron chi connectivity index (χ2n) is 4.44. The van der Waals surface area contributed by atoms with E-state index in [1.807, 2.05) is 24.3 Å². The summed E-state index contributed by atoms with van der Waals surface area (Å²) in [4.78, 5) is 11.7. The minimum atomic E-state index is 0.151. The highest BCUT2D eigenvalue weighted by molar-refractivity contribution is 6.17. The molecule has 2 unspecified atom stereocenters. The van der Waals surface area contributed by atoms with E-state index in [-0.39, 0.29) is 11.8 Å². The van der Waals surface area contributed by atoms with Crippen molar-refractivity contribution in [2.75, 3.05) is 11.2 Å². The van der Waals surface area contributed by atoms with Crippen LogP contribution >= 0.6 is 11.6 Å². The number of halogens is 1. The molecule has 2 nitrogen and oxygen atoms in total. The second-order valence-corrected chi connectivity index (χ2v) is 4.82. The Morgan fingerprint density at radius 3 is 2.56 bits per heavy atom. The number of anilines is 1. The highest BCUT2D eigenvalue weighted by Crippen LogP contribution is 2.38. The second kappa shape index (κ2) is 4.88. The van der Waals surface area contributed by atoms with E-state index >= 15 is 0 Å². The third-order valence-corrected chi connectivity index (χ3v) is 3.24. The molecule has 0 heterocycles. The van der Waals surface area contributed by atoms with Crippen molar-refractivity contribution in [1.82, 2.24) is 0 Å². The Labute approximate surface area is 101 Å². The maximum atomic E-state index is 11.7. The zero-order chi connectivity index (χ0) is 11.5. The van der Waals surface area contributed by atoms with E-state index < -0.39 is 0 Å². The number of carbonyl (C=O) groups is 1. The Morgan fingerprint density at radius 1 is 1.44 bits per heavy atom. The lowest BCUT2D eigenvalue weighted by Gasteiger charge is -2.05. The van der Waals surface area contributed by atoms with E-state index in [4.69, 9.17) is 11.6 Å². The van der Waals surface area contributed by atoms with Crippen LogP contribution in [-0.4, -0.2) is 11.8 Å². The van der Waals surface area contributed by atoms with Gasteiger partial charge in [-0.05, 0) is 36.5 Å². The van der Waals surface area contributed by atoms with E-state index in [9.17, 15) is 4.79 Å². The number of alkyl halides is 1. The van der Waals surface area contributed by atoms with Crippen molar-refractivity contribution in [1.29, 1.82) is 0 Å². The summed E-state index contributed by atoms with van der Waals surface area (Å²) in [6.45, 7) is 2.10. The summed E-state index contributed by atoms with van der Waals surface area (Å²) in [7, 11) is 0. The zero-order valence-corrected chi connectivity index (χ0v) is 10.1. The highest BCUT2D eigenvalue weighted by atomic mass is 35.5. The van der Waals surface area contributed by atoms with E-state index in [2.05, 4.69) is 12.2 Å². The van der Waals surface area contributed by atoms with Crippen LogP contribution in [0.3, 0.4) is 0 Å². The lowest BCUT2D eigenvalue weighted by molar-refractivity contribution is -0.117. The summed E-state index contributed by atoms with van der Waals surface area (Å²) < 4.78 is 0. The van der Waals surface area contributed by atoms with Gasteiger partial charge in [-0.25, -0.2) is 0 Å². The molecule has 1 aromatic carbocycles. The van der Waals surface area contributed by atoms with Gasteiger partial charge in [-0.15, -0.1) is 11.6 Å². The Balaban J connectivity index is 1.92. The lowest BCUT2D eigenvalue weighted by atomic mass is 10.1. The smallest absolute Gasteiger partial charge is 0.227 e. The van der Waals surface area contributed by atoms with Crippen molar-refractivity contribution in [3.63, 3.8) is 0 Å². The first-order chi connectivity index (χ1) is 7.70. The van der Waals surface area contributed by atoms with E-state index in [0.717, 1.165) is 18.5 Å². The van der Waals surface area contributed by atoms with Gasteiger partial charge in [0.15, 0.2) is 0 Å². The van der Waals surface area contributed by atoms with Gasteiger partial charge in [0.2, 0.25) is 5.91 Å². The molecule has 2 atom stereocenters. The molecule has 1 saturated carbocycles. The number of hydrogen-bond donors (Lipinski definition) is 1. The fourth-order valence-corrected chi connectivity index (χ4v) is 2.00. The first-order valence-corrected chi connectivity index (χ1v) is 6.20. The first-order valence-electron chi connectivity index (χ1n) is 5.66. The quantitative estimate of drug-likeness (QED) is 0.802. The number of carbonyl (C=O) groups excluding carboxylic acids is 1. The van der Waals surface area contributed by atoms with Crippen LogP contribution in [0.2, 0.25) is 0 Å². The number of amides is 1. The van der Waals surface area contributed by atoms with Crippen molar-refractivity contribution in [2.45, 2.75) is 19.8 Å². The van der Waals surface area contributed by atoms with Crippen LogP contribution in [0.5, 0.6) is 0 Å². The van der Waals surface area contributed by atoms with Gasteiger partial charge in [-0.2, -0.15) is 0 Å². The van der Waals surface area contributed by atoms with E-state index in [1.54, 1.807) is 0 Å². The summed E-state index contributed by atoms with van der Waals surface area (Å²) in [5.74, 6) is 1.56. The van der Waals surface area contributed by atoms with Gasteiger partial charge in [-0.1, -0.05) is 19.1 Å². The highest BCUT2D eigenvalue weighted by Gasteiger charge is 2.38. The molecular weight excluding hydrogens is 222 g/mol. The predicted molar refractivity (Wildman–Crippen MR) is 66.8 cm³/mol. The fraction of sp³-hybridized carbons (Fsp3) is 0.462. The van der Waals surface area contributed by atoms with Crippen molar-refractivity contribution in [3.05, 3.63) is 29.8 Å². The topological polar surface area (TPSA) is 29.1 Å². The van der Waals surface area contributed by atoms with Crippen LogP contribution in [-0.2, 0) is 11.2 Å². The molecule has 1 aromatic rings. The normalized spacial score (nSPS) is 22.9. The summed E-state index contributed by atoms with van der Waals surface area (Å²) >= 11 is 5.66. The van der Waals surface area contributed by atoms with Crippen LogP contribution in [0.4, 0.5) is 5.69 Å². The minimum absolute atomic E-state index is 0.151.